The van der Waals surface area contributed by atoms with Gasteiger partial charge in [-0.15, -0.1) is 0 Å². The topological polar surface area (TPSA) is 0 Å². The summed E-state index contributed by atoms with van der Waals surface area (Å²) >= 11 is 0. The fourth-order valence-corrected chi connectivity index (χ4v) is 5.35. The molecule has 1 fully saturated rings. The molecule has 4 rings (SSSR count). The van der Waals surface area contributed by atoms with Crippen LogP contribution in [-0.2, 0) is 6.42 Å². The van der Waals surface area contributed by atoms with Crippen LogP contribution in [0.25, 0.3) is 22.3 Å². The zero-order chi connectivity index (χ0) is 23.2. The summed E-state index contributed by atoms with van der Waals surface area (Å²) in [6.45, 7) is 4.43. The molecule has 33 heavy (non-hydrogen) atoms. The van der Waals surface area contributed by atoms with Crippen LogP contribution in [0.15, 0.2) is 60.7 Å². The van der Waals surface area contributed by atoms with Gasteiger partial charge in [0.05, 0.1) is 0 Å². The van der Waals surface area contributed by atoms with Gasteiger partial charge in [0.15, 0.2) is 11.6 Å². The Morgan fingerprint density at radius 3 is 1.73 bits per heavy atom. The van der Waals surface area contributed by atoms with Crippen molar-refractivity contribution in [2.75, 3.05) is 0 Å². The molecule has 0 nitrogen and oxygen atoms in total. The largest absolute Gasteiger partial charge is 0.203 e. The molecule has 1 aliphatic rings. The van der Waals surface area contributed by atoms with Crippen molar-refractivity contribution in [1.29, 1.82) is 0 Å². The van der Waals surface area contributed by atoms with Gasteiger partial charge in [-0.05, 0) is 72.6 Å². The van der Waals surface area contributed by atoms with E-state index in [1.54, 1.807) is 12.1 Å². The van der Waals surface area contributed by atoms with Crippen molar-refractivity contribution >= 4 is 0 Å². The lowest BCUT2D eigenvalue weighted by Crippen LogP contribution is -2.13. The number of hydrogen-bond donors (Lipinski definition) is 0. The predicted molar refractivity (Wildman–Crippen MR) is 135 cm³/mol. The van der Waals surface area contributed by atoms with Crippen molar-refractivity contribution in [3.8, 4) is 22.3 Å². The Bertz CT molecular complexity index is 1030. The van der Waals surface area contributed by atoms with Crippen LogP contribution >= 0.6 is 0 Å². The van der Waals surface area contributed by atoms with Gasteiger partial charge in [0.2, 0.25) is 0 Å². The first-order chi connectivity index (χ1) is 16.1. The Hall–Kier alpha value is -2.48. The summed E-state index contributed by atoms with van der Waals surface area (Å²) in [7, 11) is 0. The van der Waals surface area contributed by atoms with Crippen molar-refractivity contribution in [2.45, 2.75) is 77.6 Å². The van der Waals surface area contributed by atoms with E-state index in [9.17, 15) is 0 Å². The molecule has 0 bridgehead atoms. The molecular weight excluding hydrogens is 410 g/mol. The first kappa shape index (κ1) is 23.7. The van der Waals surface area contributed by atoms with E-state index in [1.165, 1.54) is 49.7 Å². The summed E-state index contributed by atoms with van der Waals surface area (Å²) in [6.07, 6.45) is 11.0. The fraction of sp³-hybridized carbons (Fsp3) is 0.419. The van der Waals surface area contributed by atoms with Crippen molar-refractivity contribution in [1.82, 2.24) is 0 Å². The second-order valence-electron chi connectivity index (χ2n) is 9.72. The maximum Gasteiger partial charge on any atom is 0.167 e. The van der Waals surface area contributed by atoms with Gasteiger partial charge < -0.3 is 0 Å². The van der Waals surface area contributed by atoms with Crippen molar-refractivity contribution in [2.24, 2.45) is 5.92 Å². The smallest absolute Gasteiger partial charge is 0.167 e. The first-order valence-corrected chi connectivity index (χ1v) is 12.8. The van der Waals surface area contributed by atoms with Crippen LogP contribution in [0.1, 0.15) is 82.3 Å². The molecule has 0 aliphatic heterocycles. The second kappa shape index (κ2) is 11.1. The van der Waals surface area contributed by atoms with E-state index >= 15 is 8.78 Å². The lowest BCUT2D eigenvalue weighted by atomic mass is 9.77. The Morgan fingerprint density at radius 1 is 0.667 bits per heavy atom. The molecule has 174 valence electrons. The third-order valence-corrected chi connectivity index (χ3v) is 7.40. The van der Waals surface area contributed by atoms with Gasteiger partial charge in [0, 0.05) is 11.1 Å². The molecule has 0 N–H and O–H groups in total. The molecule has 1 aliphatic carbocycles. The van der Waals surface area contributed by atoms with E-state index in [2.05, 4.69) is 26.0 Å². The third kappa shape index (κ3) is 5.54. The molecule has 0 atom stereocenters. The van der Waals surface area contributed by atoms with Gasteiger partial charge in [-0.25, -0.2) is 8.78 Å². The van der Waals surface area contributed by atoms with Gasteiger partial charge in [-0.3, -0.25) is 0 Å². The van der Waals surface area contributed by atoms with Crippen molar-refractivity contribution in [3.05, 3.63) is 83.4 Å². The van der Waals surface area contributed by atoms with E-state index in [4.69, 9.17) is 0 Å². The highest BCUT2D eigenvalue weighted by atomic mass is 19.2. The van der Waals surface area contributed by atoms with Gasteiger partial charge in [-0.1, -0.05) is 93.8 Å². The van der Waals surface area contributed by atoms with Crippen LogP contribution in [-0.4, -0.2) is 0 Å². The van der Waals surface area contributed by atoms with Crippen molar-refractivity contribution in [3.63, 3.8) is 0 Å². The standard InChI is InChI=1S/C31H36F2/c1-3-5-7-23-10-14-26(15-11-23)28-20-21-29(31(33)30(28)32)27-18-16-25(17-19-27)24-12-8-22(6-4-2)9-13-24/h10-11,14-22,24H,3-9,12-13H2,1-2H3. The van der Waals surface area contributed by atoms with Crippen molar-refractivity contribution < 1.29 is 8.78 Å². The van der Waals surface area contributed by atoms with Crippen LogP contribution in [0.4, 0.5) is 8.78 Å². The van der Waals surface area contributed by atoms with E-state index in [1.807, 2.05) is 36.4 Å². The molecule has 0 radical (unpaired) electrons. The zero-order valence-corrected chi connectivity index (χ0v) is 20.0. The van der Waals surface area contributed by atoms with E-state index in [0.717, 1.165) is 30.7 Å². The minimum absolute atomic E-state index is 0.318. The Morgan fingerprint density at radius 2 is 1.21 bits per heavy atom. The summed E-state index contributed by atoms with van der Waals surface area (Å²) in [5.74, 6) is -0.0624. The molecule has 0 unspecified atom stereocenters. The molecule has 3 aromatic carbocycles. The van der Waals surface area contributed by atoms with Crippen LogP contribution in [0, 0.1) is 17.6 Å². The molecule has 3 aromatic rings. The Balaban J connectivity index is 1.49. The summed E-state index contributed by atoms with van der Waals surface area (Å²) in [5, 5.41) is 0. The SMILES string of the molecule is CCCCc1ccc(-c2ccc(-c3ccc(C4CCC(CCC)CC4)cc3)c(F)c2F)cc1. The van der Waals surface area contributed by atoms with Gasteiger partial charge in [0.1, 0.15) is 0 Å². The number of unbranched alkanes of at least 4 members (excludes halogenated alkanes) is 1. The number of benzene rings is 3. The first-order valence-electron chi connectivity index (χ1n) is 12.8. The van der Waals surface area contributed by atoms with Gasteiger partial charge in [0.25, 0.3) is 0 Å². The Labute approximate surface area is 198 Å². The highest BCUT2D eigenvalue weighted by Crippen LogP contribution is 2.38. The highest BCUT2D eigenvalue weighted by molar-refractivity contribution is 5.72. The monoisotopic (exact) mass is 446 g/mol. The maximum atomic E-state index is 15.1. The van der Waals surface area contributed by atoms with Crippen LogP contribution in [0.2, 0.25) is 0 Å². The highest BCUT2D eigenvalue weighted by Gasteiger charge is 2.22. The molecule has 0 spiro atoms. The second-order valence-corrected chi connectivity index (χ2v) is 9.72. The normalized spacial score (nSPS) is 18.4. The molecule has 0 heterocycles. The van der Waals surface area contributed by atoms with Crippen LogP contribution < -0.4 is 0 Å². The molecule has 0 aromatic heterocycles. The van der Waals surface area contributed by atoms with E-state index < -0.39 is 11.6 Å². The molecule has 0 saturated heterocycles. The number of hydrogen-bond acceptors (Lipinski definition) is 0. The predicted octanol–water partition coefficient (Wildman–Crippen LogP) is 9.72. The average Bonchev–Trinajstić information content (AvgIpc) is 2.86. The maximum absolute atomic E-state index is 15.1. The lowest BCUT2D eigenvalue weighted by Gasteiger charge is -2.28. The summed E-state index contributed by atoms with van der Waals surface area (Å²) in [6, 6.07) is 19.4. The third-order valence-electron chi connectivity index (χ3n) is 7.40. The summed E-state index contributed by atoms with van der Waals surface area (Å²) in [5.41, 5.74) is 4.66. The van der Waals surface area contributed by atoms with Crippen LogP contribution in [0.5, 0.6) is 0 Å². The summed E-state index contributed by atoms with van der Waals surface area (Å²) < 4.78 is 30.1. The van der Waals surface area contributed by atoms with Gasteiger partial charge in [-0.2, -0.15) is 0 Å². The molecule has 2 heteroatoms. The molecular formula is C31H36F2. The summed E-state index contributed by atoms with van der Waals surface area (Å²) in [4.78, 5) is 0. The number of aryl methyl sites for hydroxylation is 1. The number of rotatable bonds is 8. The number of halogens is 2. The average molecular weight is 447 g/mol. The Kier molecular flexibility index (Phi) is 7.96. The van der Waals surface area contributed by atoms with E-state index in [0.29, 0.717) is 22.6 Å². The fourth-order valence-electron chi connectivity index (χ4n) is 5.35. The molecule has 0 amide bonds. The zero-order valence-electron chi connectivity index (χ0n) is 20.0. The van der Waals surface area contributed by atoms with Crippen LogP contribution in [0.3, 0.4) is 0 Å². The van der Waals surface area contributed by atoms with E-state index in [-0.39, 0.29) is 0 Å². The quantitative estimate of drug-likeness (QED) is 0.323. The lowest BCUT2D eigenvalue weighted by molar-refractivity contribution is 0.308. The minimum Gasteiger partial charge on any atom is -0.203 e. The van der Waals surface area contributed by atoms with Gasteiger partial charge >= 0.3 is 0 Å². The molecule has 1 saturated carbocycles. The minimum atomic E-state index is -0.771.